The summed E-state index contributed by atoms with van der Waals surface area (Å²) in [6.07, 6.45) is 1.15. The first kappa shape index (κ1) is 8.85. The predicted octanol–water partition coefficient (Wildman–Crippen LogP) is 1.61. The summed E-state index contributed by atoms with van der Waals surface area (Å²) in [5.74, 6) is 1.22. The van der Waals surface area contributed by atoms with E-state index in [-0.39, 0.29) is 10.5 Å². The molecule has 2 aliphatic heterocycles. The molecule has 1 spiro atoms. The maximum absolute atomic E-state index is 5.74. The highest BCUT2D eigenvalue weighted by molar-refractivity contribution is 8.01. The molecule has 0 aromatic heterocycles. The molecule has 0 aliphatic carbocycles. The fourth-order valence-corrected chi connectivity index (χ4v) is 3.64. The van der Waals surface area contributed by atoms with Crippen molar-refractivity contribution in [2.45, 2.75) is 43.7 Å². The molecule has 2 rings (SSSR count). The molecule has 0 bridgehead atoms. The fourth-order valence-electron chi connectivity index (χ4n) is 2.11. The topological polar surface area (TPSA) is 21.3 Å². The number of hydrogen-bond donors (Lipinski definition) is 1. The lowest BCUT2D eigenvalue weighted by Crippen LogP contribution is -2.52. The lowest BCUT2D eigenvalue weighted by molar-refractivity contribution is 0.0142. The van der Waals surface area contributed by atoms with Crippen molar-refractivity contribution in [3.8, 4) is 0 Å². The van der Waals surface area contributed by atoms with Crippen LogP contribution in [-0.4, -0.2) is 28.9 Å². The number of thioether (sulfide) groups is 1. The molecule has 0 aromatic carbocycles. The zero-order chi connectivity index (χ0) is 8.82. The molecule has 2 unspecified atom stereocenters. The summed E-state index contributed by atoms with van der Waals surface area (Å²) in [5.41, 5.74) is 0.00241. The molecular weight excluding hydrogens is 170 g/mol. The Morgan fingerprint density at radius 3 is 2.67 bits per heavy atom. The zero-order valence-corrected chi connectivity index (χ0v) is 8.83. The molecule has 70 valence electrons. The molecule has 2 nitrogen and oxygen atoms in total. The molecule has 0 radical (unpaired) electrons. The lowest BCUT2D eigenvalue weighted by atomic mass is 9.97. The lowest BCUT2D eigenvalue weighted by Gasteiger charge is -2.36. The van der Waals surface area contributed by atoms with E-state index in [1.165, 1.54) is 5.75 Å². The second-order valence-electron chi connectivity index (χ2n) is 4.29. The minimum absolute atomic E-state index is 0.00241. The van der Waals surface area contributed by atoms with E-state index < -0.39 is 0 Å². The van der Waals surface area contributed by atoms with Crippen molar-refractivity contribution >= 4 is 11.8 Å². The molecule has 0 aromatic rings. The van der Waals surface area contributed by atoms with Gasteiger partial charge in [0.05, 0.1) is 17.1 Å². The molecule has 3 heteroatoms. The highest BCUT2D eigenvalue weighted by Crippen LogP contribution is 2.47. The van der Waals surface area contributed by atoms with Crippen LogP contribution < -0.4 is 5.32 Å². The van der Waals surface area contributed by atoms with Crippen LogP contribution in [0.4, 0.5) is 0 Å². The quantitative estimate of drug-likeness (QED) is 0.622. The van der Waals surface area contributed by atoms with E-state index in [0.29, 0.717) is 6.04 Å². The van der Waals surface area contributed by atoms with Crippen molar-refractivity contribution in [3.63, 3.8) is 0 Å². The van der Waals surface area contributed by atoms with E-state index in [2.05, 4.69) is 26.1 Å². The van der Waals surface area contributed by atoms with Gasteiger partial charge in [0.15, 0.2) is 0 Å². The van der Waals surface area contributed by atoms with E-state index in [9.17, 15) is 0 Å². The Morgan fingerprint density at radius 2 is 2.25 bits per heavy atom. The number of hydrogen-bond acceptors (Lipinski definition) is 3. The van der Waals surface area contributed by atoms with E-state index in [1.54, 1.807) is 0 Å². The van der Waals surface area contributed by atoms with Crippen molar-refractivity contribution in [1.29, 1.82) is 0 Å². The highest BCUT2D eigenvalue weighted by Gasteiger charge is 2.53. The summed E-state index contributed by atoms with van der Waals surface area (Å²) in [4.78, 5) is 0.201. The third kappa shape index (κ3) is 1.10. The van der Waals surface area contributed by atoms with Crippen LogP contribution in [0.1, 0.15) is 27.2 Å². The van der Waals surface area contributed by atoms with Gasteiger partial charge in [0.25, 0.3) is 0 Å². The van der Waals surface area contributed by atoms with Crippen LogP contribution >= 0.6 is 11.8 Å². The average Bonchev–Trinajstić information content (AvgIpc) is 2.43. The standard InChI is InChI=1S/C9H17NOS/c1-7-6-12-9(10-7)4-5-11-8(9,2)3/h7,10H,4-6H2,1-3H3. The van der Waals surface area contributed by atoms with Gasteiger partial charge >= 0.3 is 0 Å². The SMILES string of the molecule is CC1CSC2(CCOC2(C)C)N1. The normalized spacial score (nSPS) is 45.8. The Kier molecular flexibility index (Phi) is 1.94. The summed E-state index contributed by atoms with van der Waals surface area (Å²) in [7, 11) is 0. The Balaban J connectivity index is 2.20. The maximum atomic E-state index is 5.74. The Bertz CT molecular complexity index is 195. The van der Waals surface area contributed by atoms with E-state index in [1.807, 2.05) is 11.8 Å². The van der Waals surface area contributed by atoms with E-state index in [4.69, 9.17) is 4.74 Å². The highest BCUT2D eigenvalue weighted by atomic mass is 32.2. The van der Waals surface area contributed by atoms with Crippen LogP contribution in [0.3, 0.4) is 0 Å². The molecular formula is C9H17NOS. The van der Waals surface area contributed by atoms with Gasteiger partial charge in [-0.1, -0.05) is 0 Å². The molecule has 2 atom stereocenters. The van der Waals surface area contributed by atoms with Crippen molar-refractivity contribution in [3.05, 3.63) is 0 Å². The second kappa shape index (κ2) is 2.63. The maximum Gasteiger partial charge on any atom is 0.0957 e. The predicted molar refractivity (Wildman–Crippen MR) is 52.4 cm³/mol. The Labute approximate surface area is 78.4 Å². The van der Waals surface area contributed by atoms with Crippen LogP contribution in [0.15, 0.2) is 0 Å². The van der Waals surface area contributed by atoms with Crippen LogP contribution in [0, 0.1) is 0 Å². The molecule has 2 heterocycles. The third-order valence-electron chi connectivity index (χ3n) is 2.95. The van der Waals surface area contributed by atoms with Gasteiger partial charge in [-0.3, -0.25) is 5.32 Å². The van der Waals surface area contributed by atoms with Gasteiger partial charge in [-0.25, -0.2) is 0 Å². The molecule has 2 saturated heterocycles. The Morgan fingerprint density at radius 1 is 1.50 bits per heavy atom. The third-order valence-corrected chi connectivity index (χ3v) is 4.92. The van der Waals surface area contributed by atoms with Crippen molar-refractivity contribution in [2.24, 2.45) is 0 Å². The molecule has 0 saturated carbocycles. The van der Waals surface area contributed by atoms with E-state index in [0.717, 1.165) is 13.0 Å². The van der Waals surface area contributed by atoms with Crippen molar-refractivity contribution < 1.29 is 4.74 Å². The largest absolute Gasteiger partial charge is 0.373 e. The zero-order valence-electron chi connectivity index (χ0n) is 8.02. The number of ether oxygens (including phenoxy) is 1. The summed E-state index contributed by atoms with van der Waals surface area (Å²) in [6, 6.07) is 0.635. The first-order valence-corrected chi connectivity index (χ1v) is 5.60. The van der Waals surface area contributed by atoms with Gasteiger partial charge in [-0.05, 0) is 20.8 Å². The monoisotopic (exact) mass is 187 g/mol. The van der Waals surface area contributed by atoms with Gasteiger partial charge < -0.3 is 4.74 Å². The van der Waals surface area contributed by atoms with Crippen LogP contribution in [0.2, 0.25) is 0 Å². The van der Waals surface area contributed by atoms with Crippen molar-refractivity contribution in [2.75, 3.05) is 12.4 Å². The van der Waals surface area contributed by atoms with Gasteiger partial charge in [0.2, 0.25) is 0 Å². The van der Waals surface area contributed by atoms with Gasteiger partial charge in [0, 0.05) is 18.2 Å². The number of nitrogens with one attached hydrogen (secondary N) is 1. The second-order valence-corrected chi connectivity index (χ2v) is 5.61. The van der Waals surface area contributed by atoms with Gasteiger partial charge in [0.1, 0.15) is 0 Å². The smallest absolute Gasteiger partial charge is 0.0957 e. The van der Waals surface area contributed by atoms with Gasteiger partial charge in [-0.15, -0.1) is 11.8 Å². The Hall–Kier alpha value is 0.270. The average molecular weight is 187 g/mol. The van der Waals surface area contributed by atoms with E-state index >= 15 is 0 Å². The first-order valence-electron chi connectivity index (χ1n) is 4.61. The summed E-state index contributed by atoms with van der Waals surface area (Å²) in [6.45, 7) is 7.53. The molecule has 2 fully saturated rings. The number of rotatable bonds is 0. The fraction of sp³-hybridized carbons (Fsp3) is 1.00. The molecule has 0 amide bonds. The van der Waals surface area contributed by atoms with Crippen molar-refractivity contribution in [1.82, 2.24) is 5.32 Å². The minimum Gasteiger partial charge on any atom is -0.373 e. The molecule has 2 aliphatic rings. The summed E-state index contributed by atoms with van der Waals surface area (Å²) < 4.78 is 5.74. The molecule has 1 N–H and O–H groups in total. The minimum atomic E-state index is 0.00241. The summed E-state index contributed by atoms with van der Waals surface area (Å²) >= 11 is 2.03. The molecule has 12 heavy (non-hydrogen) atoms. The summed E-state index contributed by atoms with van der Waals surface area (Å²) in [5, 5.41) is 3.66. The van der Waals surface area contributed by atoms with Crippen LogP contribution in [0.5, 0.6) is 0 Å². The first-order chi connectivity index (χ1) is 5.56. The van der Waals surface area contributed by atoms with Crippen LogP contribution in [0.25, 0.3) is 0 Å². The van der Waals surface area contributed by atoms with Crippen LogP contribution in [-0.2, 0) is 4.74 Å². The van der Waals surface area contributed by atoms with Gasteiger partial charge in [-0.2, -0.15) is 0 Å².